The van der Waals surface area contributed by atoms with Gasteiger partial charge in [-0.3, -0.25) is 0 Å². The summed E-state index contributed by atoms with van der Waals surface area (Å²) in [5.74, 6) is -0.575. The molecule has 2 aromatic heterocycles. The number of halogens is 2. The first-order valence-corrected chi connectivity index (χ1v) is 6.35. The van der Waals surface area contributed by atoms with E-state index in [1.807, 2.05) is 0 Å². The van der Waals surface area contributed by atoms with Crippen molar-refractivity contribution in [3.63, 3.8) is 0 Å². The molecule has 1 aliphatic rings. The summed E-state index contributed by atoms with van der Waals surface area (Å²) < 4.78 is 1.28. The van der Waals surface area contributed by atoms with Crippen molar-refractivity contribution in [2.24, 2.45) is 0 Å². The van der Waals surface area contributed by atoms with E-state index in [1.54, 1.807) is 12.1 Å². The molecule has 6 nitrogen and oxygen atoms in total. The van der Waals surface area contributed by atoms with Gasteiger partial charge in [0.25, 0.3) is 0 Å². The summed E-state index contributed by atoms with van der Waals surface area (Å²) >= 11 is 11.7. The van der Waals surface area contributed by atoms with E-state index in [0.29, 0.717) is 11.5 Å². The van der Waals surface area contributed by atoms with Crippen molar-refractivity contribution >= 4 is 29.2 Å². The van der Waals surface area contributed by atoms with Gasteiger partial charge in [0, 0.05) is 5.92 Å². The number of aromatic carboxylic acids is 1. The van der Waals surface area contributed by atoms with Crippen LogP contribution in [0.3, 0.4) is 0 Å². The zero-order chi connectivity index (χ0) is 13.6. The molecule has 19 heavy (non-hydrogen) atoms. The fourth-order valence-electron chi connectivity index (χ4n) is 1.83. The van der Waals surface area contributed by atoms with Crippen LogP contribution in [0.1, 0.15) is 34.8 Å². The minimum Gasteiger partial charge on any atom is -0.478 e. The van der Waals surface area contributed by atoms with Crippen molar-refractivity contribution in [3.05, 3.63) is 33.7 Å². The zero-order valence-corrected chi connectivity index (χ0v) is 11.1. The molecule has 0 aromatic carbocycles. The minimum absolute atomic E-state index is 0.0334. The maximum absolute atomic E-state index is 11.3. The third-order valence-electron chi connectivity index (χ3n) is 2.87. The maximum atomic E-state index is 11.3. The first-order valence-electron chi connectivity index (χ1n) is 5.59. The second-order valence-corrected chi connectivity index (χ2v) is 5.00. The molecule has 0 aliphatic heterocycles. The monoisotopic (exact) mass is 298 g/mol. The number of hydrogen-bond donors (Lipinski definition) is 1. The van der Waals surface area contributed by atoms with Gasteiger partial charge in [-0.05, 0) is 25.0 Å². The molecule has 1 aliphatic carbocycles. The first kappa shape index (κ1) is 12.4. The largest absolute Gasteiger partial charge is 0.478 e. The van der Waals surface area contributed by atoms with Gasteiger partial charge in [-0.15, -0.1) is 10.2 Å². The average Bonchev–Trinajstić information content (AvgIpc) is 3.14. The Morgan fingerprint density at radius 3 is 2.58 bits per heavy atom. The van der Waals surface area contributed by atoms with Crippen LogP contribution in [-0.4, -0.2) is 31.1 Å². The van der Waals surface area contributed by atoms with Gasteiger partial charge in [-0.2, -0.15) is 5.10 Å². The number of nitrogens with zero attached hydrogens (tertiary/aromatic N) is 4. The van der Waals surface area contributed by atoms with E-state index in [0.717, 1.165) is 12.8 Å². The Hall–Kier alpha value is -1.66. The van der Waals surface area contributed by atoms with Crippen molar-refractivity contribution < 1.29 is 9.90 Å². The molecule has 8 heteroatoms. The summed E-state index contributed by atoms with van der Waals surface area (Å²) in [6, 6.07) is 3.12. The molecule has 3 rings (SSSR count). The number of aromatic nitrogens is 4. The average molecular weight is 299 g/mol. The molecule has 0 amide bonds. The Bertz CT molecular complexity index is 649. The van der Waals surface area contributed by atoms with Crippen LogP contribution >= 0.6 is 23.2 Å². The first-order chi connectivity index (χ1) is 9.08. The van der Waals surface area contributed by atoms with Crippen LogP contribution in [0.5, 0.6) is 0 Å². The van der Waals surface area contributed by atoms with Gasteiger partial charge in [-0.25, -0.2) is 9.48 Å². The summed E-state index contributed by atoms with van der Waals surface area (Å²) in [6.45, 7) is 0. The van der Waals surface area contributed by atoms with Crippen LogP contribution in [0.4, 0.5) is 0 Å². The number of carbonyl (C=O) groups is 1. The van der Waals surface area contributed by atoms with Crippen LogP contribution in [0.25, 0.3) is 5.82 Å². The highest BCUT2D eigenvalue weighted by molar-refractivity contribution is 6.33. The van der Waals surface area contributed by atoms with Crippen LogP contribution < -0.4 is 0 Å². The quantitative estimate of drug-likeness (QED) is 0.942. The molecule has 1 saturated carbocycles. The van der Waals surface area contributed by atoms with Crippen LogP contribution in [0.15, 0.2) is 12.1 Å². The van der Waals surface area contributed by atoms with Gasteiger partial charge >= 0.3 is 5.97 Å². The number of carboxylic acids is 1. The van der Waals surface area contributed by atoms with E-state index in [2.05, 4.69) is 15.3 Å². The Labute approximate surface area is 118 Å². The van der Waals surface area contributed by atoms with Crippen LogP contribution in [0, 0.1) is 0 Å². The second kappa shape index (κ2) is 4.47. The zero-order valence-electron chi connectivity index (χ0n) is 9.55. The third-order valence-corrected chi connectivity index (χ3v) is 3.42. The fraction of sp³-hybridized carbons (Fsp3) is 0.273. The minimum atomic E-state index is -1.08. The highest BCUT2D eigenvalue weighted by Gasteiger charge is 2.34. The number of rotatable bonds is 3. The lowest BCUT2D eigenvalue weighted by molar-refractivity contribution is 0.0696. The molecule has 0 bridgehead atoms. The topological polar surface area (TPSA) is 80.9 Å². The standard InChI is InChI=1S/C11H8Cl2N4O2/c12-6-3-4-7(15-14-6)17-10(13)8(11(18)19)9(16-17)5-1-2-5/h3-5H,1-2H2,(H,18,19). The number of hydrogen-bond acceptors (Lipinski definition) is 4. The molecule has 0 unspecified atom stereocenters. The molecular weight excluding hydrogens is 291 g/mol. The molecule has 0 spiro atoms. The smallest absolute Gasteiger partial charge is 0.340 e. The molecule has 1 N–H and O–H groups in total. The highest BCUT2D eigenvalue weighted by atomic mass is 35.5. The van der Waals surface area contributed by atoms with Gasteiger partial charge in [0.1, 0.15) is 10.7 Å². The second-order valence-electron chi connectivity index (χ2n) is 4.26. The summed E-state index contributed by atoms with van der Waals surface area (Å²) in [4.78, 5) is 11.3. The highest BCUT2D eigenvalue weighted by Crippen LogP contribution is 2.42. The molecule has 2 heterocycles. The van der Waals surface area contributed by atoms with Crippen molar-refractivity contribution in [2.45, 2.75) is 18.8 Å². The van der Waals surface area contributed by atoms with Gasteiger partial charge in [0.15, 0.2) is 11.0 Å². The van der Waals surface area contributed by atoms with E-state index in [1.165, 1.54) is 4.68 Å². The van der Waals surface area contributed by atoms with Gasteiger partial charge in [0.05, 0.1) is 5.69 Å². The lowest BCUT2D eigenvalue weighted by atomic mass is 10.2. The Kier molecular flexibility index (Phi) is 2.91. The van der Waals surface area contributed by atoms with Crippen molar-refractivity contribution in [1.29, 1.82) is 0 Å². The lowest BCUT2D eigenvalue weighted by Crippen LogP contribution is -2.02. The van der Waals surface area contributed by atoms with Gasteiger partial charge in [0.2, 0.25) is 0 Å². The third kappa shape index (κ3) is 2.17. The van der Waals surface area contributed by atoms with Crippen molar-refractivity contribution in [1.82, 2.24) is 20.0 Å². The Morgan fingerprint density at radius 2 is 2.05 bits per heavy atom. The molecule has 0 saturated heterocycles. The Morgan fingerprint density at radius 1 is 1.32 bits per heavy atom. The van der Waals surface area contributed by atoms with Crippen LogP contribution in [-0.2, 0) is 0 Å². The van der Waals surface area contributed by atoms with Crippen molar-refractivity contribution in [3.8, 4) is 5.82 Å². The molecule has 2 aromatic rings. The molecule has 98 valence electrons. The van der Waals surface area contributed by atoms with E-state index >= 15 is 0 Å². The summed E-state index contributed by atoms with van der Waals surface area (Å²) in [5, 5.41) is 21.3. The SMILES string of the molecule is O=C(O)c1c(C2CC2)nn(-c2ccc(Cl)nn2)c1Cl. The predicted octanol–water partition coefficient (Wildman–Crippen LogP) is 2.54. The molecular formula is C11H8Cl2N4O2. The normalized spacial score (nSPS) is 14.6. The predicted molar refractivity (Wildman–Crippen MR) is 68.1 cm³/mol. The Balaban J connectivity index is 2.14. The van der Waals surface area contributed by atoms with Gasteiger partial charge < -0.3 is 5.11 Å². The summed E-state index contributed by atoms with van der Waals surface area (Å²) in [5.41, 5.74) is 0.551. The van der Waals surface area contributed by atoms with E-state index < -0.39 is 5.97 Å². The summed E-state index contributed by atoms with van der Waals surface area (Å²) in [7, 11) is 0. The lowest BCUT2D eigenvalue weighted by Gasteiger charge is -2.00. The maximum Gasteiger partial charge on any atom is 0.340 e. The van der Waals surface area contributed by atoms with Crippen LogP contribution in [0.2, 0.25) is 10.3 Å². The molecule has 0 radical (unpaired) electrons. The fourth-order valence-corrected chi connectivity index (χ4v) is 2.23. The van der Waals surface area contributed by atoms with E-state index in [-0.39, 0.29) is 21.8 Å². The van der Waals surface area contributed by atoms with E-state index in [4.69, 9.17) is 23.2 Å². The molecule has 0 atom stereocenters. The van der Waals surface area contributed by atoms with E-state index in [9.17, 15) is 9.90 Å². The van der Waals surface area contributed by atoms with Crippen molar-refractivity contribution in [2.75, 3.05) is 0 Å². The molecule has 1 fully saturated rings. The summed E-state index contributed by atoms with van der Waals surface area (Å²) in [6.07, 6.45) is 1.86. The van der Waals surface area contributed by atoms with Gasteiger partial charge in [-0.1, -0.05) is 23.2 Å². The number of carboxylic acid groups (broad SMARTS) is 1.